The molecule has 2 aromatic rings. The molecule has 0 aromatic heterocycles. The van der Waals surface area contributed by atoms with Gasteiger partial charge >= 0.3 is 0 Å². The van der Waals surface area contributed by atoms with Gasteiger partial charge in [-0.2, -0.15) is 5.10 Å². The zero-order valence-corrected chi connectivity index (χ0v) is 14.8. The van der Waals surface area contributed by atoms with Crippen LogP contribution in [-0.2, 0) is 10.0 Å². The van der Waals surface area contributed by atoms with Crippen molar-refractivity contribution in [3.8, 4) is 0 Å². The van der Waals surface area contributed by atoms with Gasteiger partial charge in [0.2, 0.25) is 10.0 Å². The van der Waals surface area contributed by atoms with Crippen LogP contribution in [0.4, 0.5) is 5.69 Å². The lowest BCUT2D eigenvalue weighted by Gasteiger charge is -2.06. The molecule has 0 aliphatic rings. The molecular formula is C15H15Cl2N3O2S. The molecule has 0 spiro atoms. The number of halogens is 2. The Labute approximate surface area is 145 Å². The summed E-state index contributed by atoms with van der Waals surface area (Å²) in [6.45, 7) is 1.81. The second kappa shape index (κ2) is 7.31. The molecule has 0 aliphatic carbocycles. The molecule has 2 aromatic carbocycles. The van der Waals surface area contributed by atoms with Gasteiger partial charge in [0.25, 0.3) is 0 Å². The van der Waals surface area contributed by atoms with E-state index in [1.807, 2.05) is 6.92 Å². The maximum atomic E-state index is 11.7. The van der Waals surface area contributed by atoms with E-state index in [1.54, 1.807) is 30.3 Å². The summed E-state index contributed by atoms with van der Waals surface area (Å²) in [6, 6.07) is 11.5. The third-order valence-corrected chi connectivity index (χ3v) is 5.29. The van der Waals surface area contributed by atoms with Gasteiger partial charge in [-0.05, 0) is 49.9 Å². The van der Waals surface area contributed by atoms with Crippen LogP contribution in [0.5, 0.6) is 0 Å². The molecule has 0 radical (unpaired) electrons. The minimum atomic E-state index is -3.44. The summed E-state index contributed by atoms with van der Waals surface area (Å²) in [5.74, 6) is 0. The normalized spacial score (nSPS) is 12.3. The maximum absolute atomic E-state index is 11.7. The summed E-state index contributed by atoms with van der Waals surface area (Å²) < 4.78 is 25.6. The molecule has 2 N–H and O–H groups in total. The van der Waals surface area contributed by atoms with E-state index in [0.29, 0.717) is 21.4 Å². The lowest BCUT2D eigenvalue weighted by Crippen LogP contribution is -2.18. The Bertz CT molecular complexity index is 834. The molecule has 122 valence electrons. The highest BCUT2D eigenvalue weighted by atomic mass is 35.5. The fraction of sp³-hybridized carbons (Fsp3) is 0.133. The van der Waals surface area contributed by atoms with Crippen molar-refractivity contribution in [1.29, 1.82) is 0 Å². The number of hydrogen-bond donors (Lipinski definition) is 2. The summed E-state index contributed by atoms with van der Waals surface area (Å²) >= 11 is 11.8. The van der Waals surface area contributed by atoms with E-state index in [4.69, 9.17) is 23.2 Å². The second-order valence-electron chi connectivity index (χ2n) is 4.67. The van der Waals surface area contributed by atoms with Gasteiger partial charge in [0, 0.05) is 0 Å². The minimum Gasteiger partial charge on any atom is -0.278 e. The van der Waals surface area contributed by atoms with E-state index in [-0.39, 0.29) is 4.90 Å². The Balaban J connectivity index is 2.16. The predicted octanol–water partition coefficient (Wildman–Crippen LogP) is 3.74. The molecular weight excluding hydrogens is 357 g/mol. The van der Waals surface area contributed by atoms with Crippen molar-refractivity contribution in [3.63, 3.8) is 0 Å². The molecule has 0 fully saturated rings. The largest absolute Gasteiger partial charge is 0.278 e. The van der Waals surface area contributed by atoms with Crippen LogP contribution in [0.15, 0.2) is 52.5 Å². The Morgan fingerprint density at radius 1 is 1.04 bits per heavy atom. The molecule has 23 heavy (non-hydrogen) atoms. The molecule has 8 heteroatoms. The van der Waals surface area contributed by atoms with Crippen molar-refractivity contribution < 1.29 is 8.42 Å². The van der Waals surface area contributed by atoms with Gasteiger partial charge in [0.05, 0.1) is 26.3 Å². The number of sulfonamides is 1. The van der Waals surface area contributed by atoms with Crippen LogP contribution in [0.3, 0.4) is 0 Å². The van der Waals surface area contributed by atoms with Gasteiger partial charge in [-0.15, -0.1) is 0 Å². The molecule has 0 aliphatic heterocycles. The van der Waals surface area contributed by atoms with Crippen molar-refractivity contribution in [2.45, 2.75) is 11.8 Å². The third kappa shape index (κ3) is 4.45. The van der Waals surface area contributed by atoms with Crippen molar-refractivity contribution in [1.82, 2.24) is 4.72 Å². The first-order valence-electron chi connectivity index (χ1n) is 6.63. The van der Waals surface area contributed by atoms with Gasteiger partial charge in [-0.25, -0.2) is 13.1 Å². The number of nitrogens with one attached hydrogen (secondary N) is 2. The number of hydrogen-bond acceptors (Lipinski definition) is 4. The average Bonchev–Trinajstić information content (AvgIpc) is 2.55. The predicted molar refractivity (Wildman–Crippen MR) is 95.0 cm³/mol. The minimum absolute atomic E-state index is 0.203. The van der Waals surface area contributed by atoms with Gasteiger partial charge < -0.3 is 0 Å². The smallest absolute Gasteiger partial charge is 0.240 e. The number of anilines is 1. The highest BCUT2D eigenvalue weighted by molar-refractivity contribution is 7.89. The number of nitrogens with zero attached hydrogens (tertiary/aromatic N) is 1. The number of rotatable bonds is 5. The first kappa shape index (κ1) is 17.7. The van der Waals surface area contributed by atoms with Crippen LogP contribution >= 0.6 is 23.2 Å². The summed E-state index contributed by atoms with van der Waals surface area (Å²) in [4.78, 5) is 0.203. The van der Waals surface area contributed by atoms with Gasteiger partial charge in [-0.1, -0.05) is 35.3 Å². The van der Waals surface area contributed by atoms with Crippen LogP contribution in [0, 0.1) is 0 Å². The van der Waals surface area contributed by atoms with E-state index in [0.717, 1.165) is 5.56 Å². The molecule has 2 rings (SSSR count). The summed E-state index contributed by atoms with van der Waals surface area (Å²) in [5, 5.41) is 5.16. The fourth-order valence-electron chi connectivity index (χ4n) is 1.77. The highest BCUT2D eigenvalue weighted by Crippen LogP contribution is 2.25. The SMILES string of the molecule is CNS(=O)(=O)c1ccc(/C(C)=N\Nc2ccc(Cl)c(Cl)c2)cc1. The van der Waals surface area contributed by atoms with Crippen LogP contribution in [0.1, 0.15) is 12.5 Å². The van der Waals surface area contributed by atoms with E-state index < -0.39 is 10.0 Å². The summed E-state index contributed by atoms with van der Waals surface area (Å²) in [5.41, 5.74) is 5.08. The Kier molecular flexibility index (Phi) is 5.64. The zero-order chi connectivity index (χ0) is 17.0. The van der Waals surface area contributed by atoms with Crippen LogP contribution in [0.25, 0.3) is 0 Å². The molecule has 0 saturated heterocycles. The van der Waals surface area contributed by atoms with Crippen molar-refractivity contribution >= 4 is 44.6 Å². The topological polar surface area (TPSA) is 70.6 Å². The van der Waals surface area contributed by atoms with E-state index in [2.05, 4.69) is 15.2 Å². The van der Waals surface area contributed by atoms with Crippen molar-refractivity contribution in [2.24, 2.45) is 5.10 Å². The molecule has 5 nitrogen and oxygen atoms in total. The molecule has 0 heterocycles. The molecule has 0 amide bonds. The number of benzene rings is 2. The van der Waals surface area contributed by atoms with Gasteiger partial charge in [0.1, 0.15) is 0 Å². The zero-order valence-electron chi connectivity index (χ0n) is 12.5. The first-order chi connectivity index (χ1) is 10.8. The lowest BCUT2D eigenvalue weighted by molar-refractivity contribution is 0.588. The summed E-state index contributed by atoms with van der Waals surface area (Å²) in [7, 11) is -2.07. The molecule has 0 bridgehead atoms. The third-order valence-electron chi connectivity index (χ3n) is 3.12. The van der Waals surface area contributed by atoms with Crippen LogP contribution in [0.2, 0.25) is 10.0 Å². The Morgan fingerprint density at radius 2 is 1.70 bits per heavy atom. The fourth-order valence-corrected chi connectivity index (χ4v) is 2.80. The molecule has 0 atom stereocenters. The number of hydrazone groups is 1. The van der Waals surface area contributed by atoms with Crippen LogP contribution < -0.4 is 10.1 Å². The van der Waals surface area contributed by atoms with Gasteiger partial charge in [0.15, 0.2) is 0 Å². The standard InChI is InChI=1S/C15H15Cl2N3O2S/c1-10(19-20-12-5-8-14(16)15(17)9-12)11-3-6-13(7-4-11)23(21,22)18-2/h3-9,18,20H,1-2H3/b19-10-. The first-order valence-corrected chi connectivity index (χ1v) is 8.87. The highest BCUT2D eigenvalue weighted by Gasteiger charge is 2.10. The lowest BCUT2D eigenvalue weighted by atomic mass is 10.1. The molecule has 0 saturated carbocycles. The van der Waals surface area contributed by atoms with E-state index in [9.17, 15) is 8.42 Å². The molecule has 0 unspecified atom stereocenters. The second-order valence-corrected chi connectivity index (χ2v) is 7.37. The van der Waals surface area contributed by atoms with E-state index in [1.165, 1.54) is 19.2 Å². The Morgan fingerprint density at radius 3 is 2.26 bits per heavy atom. The average molecular weight is 372 g/mol. The summed E-state index contributed by atoms with van der Waals surface area (Å²) in [6.07, 6.45) is 0. The van der Waals surface area contributed by atoms with Gasteiger partial charge in [-0.3, -0.25) is 5.43 Å². The van der Waals surface area contributed by atoms with Crippen molar-refractivity contribution in [2.75, 3.05) is 12.5 Å². The maximum Gasteiger partial charge on any atom is 0.240 e. The van der Waals surface area contributed by atoms with Crippen molar-refractivity contribution in [3.05, 3.63) is 58.1 Å². The van der Waals surface area contributed by atoms with E-state index >= 15 is 0 Å². The van der Waals surface area contributed by atoms with Crippen LogP contribution in [-0.4, -0.2) is 21.2 Å². The monoisotopic (exact) mass is 371 g/mol. The Hall–Kier alpha value is -1.60. The quantitative estimate of drug-likeness (QED) is 0.621.